The summed E-state index contributed by atoms with van der Waals surface area (Å²) < 4.78 is 38.1. The fourth-order valence-electron chi connectivity index (χ4n) is 2.30. The van der Waals surface area contributed by atoms with Crippen molar-refractivity contribution in [2.45, 2.75) is 24.8 Å². The molecule has 0 radical (unpaired) electrons. The highest BCUT2D eigenvalue weighted by Crippen LogP contribution is 2.33. The van der Waals surface area contributed by atoms with E-state index in [1.54, 1.807) is 19.9 Å². The van der Waals surface area contributed by atoms with Gasteiger partial charge in [0.15, 0.2) is 0 Å². The van der Waals surface area contributed by atoms with Crippen molar-refractivity contribution in [3.8, 4) is 5.75 Å². The molecule has 6 nitrogen and oxygen atoms in total. The van der Waals surface area contributed by atoms with E-state index in [4.69, 9.17) is 26.8 Å². The van der Waals surface area contributed by atoms with Gasteiger partial charge in [-0.2, -0.15) is 4.31 Å². The first-order valence-corrected chi connectivity index (χ1v) is 8.96. The summed E-state index contributed by atoms with van der Waals surface area (Å²) in [7, 11) is -3.71. The molecular weight excluding hydrogens is 363 g/mol. The third-order valence-electron chi connectivity index (χ3n) is 3.51. The average Bonchev–Trinajstić information content (AvgIpc) is 2.51. The van der Waals surface area contributed by atoms with E-state index in [1.807, 2.05) is 0 Å². The van der Waals surface area contributed by atoms with Gasteiger partial charge in [0.1, 0.15) is 10.6 Å². The molecule has 1 atom stereocenters. The summed E-state index contributed by atoms with van der Waals surface area (Å²) in [5.74, 6) is 0.320. The van der Waals surface area contributed by atoms with E-state index in [9.17, 15) is 8.42 Å². The lowest BCUT2D eigenvalue weighted by molar-refractivity contribution is 0.00446. The van der Waals surface area contributed by atoms with Crippen LogP contribution in [0.1, 0.15) is 12.5 Å². The molecule has 2 rings (SSSR count). The second-order valence-corrected chi connectivity index (χ2v) is 7.39. The molecule has 132 valence electrons. The Kier molecular flexibility index (Phi) is 7.57. The molecule has 0 amide bonds. The van der Waals surface area contributed by atoms with Crippen LogP contribution in [0.2, 0.25) is 5.02 Å². The van der Waals surface area contributed by atoms with E-state index in [0.717, 1.165) is 5.56 Å². The van der Waals surface area contributed by atoms with E-state index >= 15 is 0 Å². The number of halogens is 2. The lowest BCUT2D eigenvalue weighted by Gasteiger charge is -2.32. The minimum absolute atomic E-state index is 0. The molecule has 1 aliphatic heterocycles. The zero-order valence-electron chi connectivity index (χ0n) is 13.1. The second kappa shape index (κ2) is 8.50. The number of hydrogen-bond acceptors (Lipinski definition) is 5. The Morgan fingerprint density at radius 1 is 1.48 bits per heavy atom. The van der Waals surface area contributed by atoms with Crippen LogP contribution in [0.5, 0.6) is 5.75 Å². The van der Waals surface area contributed by atoms with Gasteiger partial charge < -0.3 is 15.2 Å². The average molecular weight is 385 g/mol. The van der Waals surface area contributed by atoms with Gasteiger partial charge in [-0.05, 0) is 31.5 Å². The highest BCUT2D eigenvalue weighted by atomic mass is 35.5. The maximum atomic E-state index is 12.9. The molecule has 0 spiro atoms. The van der Waals surface area contributed by atoms with E-state index in [2.05, 4.69) is 0 Å². The summed E-state index contributed by atoms with van der Waals surface area (Å²) in [6.07, 6.45) is -0.292. The fourth-order valence-corrected chi connectivity index (χ4v) is 4.12. The number of aryl methyl sites for hydroxylation is 1. The van der Waals surface area contributed by atoms with Crippen molar-refractivity contribution in [3.63, 3.8) is 0 Å². The zero-order chi connectivity index (χ0) is 16.3. The monoisotopic (exact) mass is 384 g/mol. The van der Waals surface area contributed by atoms with Gasteiger partial charge in [0, 0.05) is 24.7 Å². The Morgan fingerprint density at radius 2 is 2.17 bits per heavy atom. The molecule has 1 aromatic carbocycles. The van der Waals surface area contributed by atoms with Crippen LogP contribution >= 0.6 is 24.0 Å². The van der Waals surface area contributed by atoms with Crippen molar-refractivity contribution >= 4 is 34.0 Å². The van der Waals surface area contributed by atoms with Crippen molar-refractivity contribution in [1.82, 2.24) is 4.31 Å². The Bertz CT molecular complexity index is 640. The molecule has 2 N–H and O–H groups in total. The van der Waals surface area contributed by atoms with Gasteiger partial charge in [0.05, 0.1) is 19.3 Å². The summed E-state index contributed by atoms with van der Waals surface area (Å²) in [6, 6.07) is 3.10. The summed E-state index contributed by atoms with van der Waals surface area (Å²) >= 11 is 6.10. The van der Waals surface area contributed by atoms with E-state index in [1.165, 1.54) is 10.4 Å². The van der Waals surface area contributed by atoms with Crippen LogP contribution in [0, 0.1) is 6.92 Å². The van der Waals surface area contributed by atoms with Crippen LogP contribution in [-0.2, 0) is 14.8 Å². The predicted molar refractivity (Wildman–Crippen MR) is 92.2 cm³/mol. The number of sulfonamides is 1. The third kappa shape index (κ3) is 4.49. The molecule has 1 fully saturated rings. The molecule has 0 saturated carbocycles. The third-order valence-corrected chi connectivity index (χ3v) is 5.80. The molecule has 1 heterocycles. The van der Waals surface area contributed by atoms with Crippen LogP contribution in [0.15, 0.2) is 17.0 Å². The molecule has 0 aliphatic carbocycles. The Balaban J connectivity index is 0.00000264. The molecule has 0 bridgehead atoms. The highest BCUT2D eigenvalue weighted by Gasteiger charge is 2.32. The van der Waals surface area contributed by atoms with Crippen molar-refractivity contribution in [1.29, 1.82) is 0 Å². The van der Waals surface area contributed by atoms with E-state index in [-0.39, 0.29) is 43.0 Å². The highest BCUT2D eigenvalue weighted by molar-refractivity contribution is 7.89. The van der Waals surface area contributed by atoms with Gasteiger partial charge in [0.25, 0.3) is 0 Å². The standard InChI is InChI=1S/C14H21ClN2O4S.ClH/c1-3-20-13-6-10(2)12(15)7-14(13)22(18,19)17-4-5-21-11(8-16)9-17;/h6-7,11H,3-5,8-9,16H2,1-2H3;1H. The Labute approximate surface area is 148 Å². The van der Waals surface area contributed by atoms with Gasteiger partial charge in [0.2, 0.25) is 10.0 Å². The number of rotatable bonds is 5. The number of benzene rings is 1. The molecule has 9 heteroatoms. The van der Waals surface area contributed by atoms with Crippen LogP contribution in [0.4, 0.5) is 0 Å². The largest absolute Gasteiger partial charge is 0.492 e. The maximum Gasteiger partial charge on any atom is 0.246 e. The minimum atomic E-state index is -3.71. The fraction of sp³-hybridized carbons (Fsp3) is 0.571. The number of morpholine rings is 1. The predicted octanol–water partition coefficient (Wildman–Crippen LogP) is 1.82. The summed E-state index contributed by atoms with van der Waals surface area (Å²) in [5.41, 5.74) is 6.35. The van der Waals surface area contributed by atoms with Crippen LogP contribution in [0.25, 0.3) is 0 Å². The van der Waals surface area contributed by atoms with Crippen LogP contribution < -0.4 is 10.5 Å². The molecule has 1 aromatic rings. The summed E-state index contributed by atoms with van der Waals surface area (Å²) in [5, 5.41) is 0.394. The van der Waals surface area contributed by atoms with Gasteiger partial charge >= 0.3 is 0 Å². The number of ether oxygens (including phenoxy) is 2. The van der Waals surface area contributed by atoms with Gasteiger partial charge in [-0.25, -0.2) is 8.42 Å². The SMILES string of the molecule is CCOc1cc(C)c(Cl)cc1S(=O)(=O)N1CCOC(CN)C1.Cl. The Morgan fingerprint density at radius 3 is 2.78 bits per heavy atom. The molecule has 1 saturated heterocycles. The summed E-state index contributed by atoms with van der Waals surface area (Å²) in [4.78, 5) is 0.0858. The molecule has 23 heavy (non-hydrogen) atoms. The molecule has 1 unspecified atom stereocenters. The quantitative estimate of drug-likeness (QED) is 0.836. The zero-order valence-corrected chi connectivity index (χ0v) is 15.5. The lowest BCUT2D eigenvalue weighted by atomic mass is 10.2. The van der Waals surface area contributed by atoms with Crippen molar-refractivity contribution in [3.05, 3.63) is 22.7 Å². The number of hydrogen-bond donors (Lipinski definition) is 1. The lowest BCUT2D eigenvalue weighted by Crippen LogP contribution is -2.48. The number of nitrogens with zero attached hydrogens (tertiary/aromatic N) is 1. The number of nitrogens with two attached hydrogens (primary N) is 1. The van der Waals surface area contributed by atoms with Crippen LogP contribution in [-0.4, -0.2) is 51.7 Å². The first-order valence-electron chi connectivity index (χ1n) is 7.15. The Hall–Kier alpha value is -0.570. The first-order chi connectivity index (χ1) is 10.4. The minimum Gasteiger partial charge on any atom is -0.492 e. The van der Waals surface area contributed by atoms with Crippen molar-refractivity contribution in [2.75, 3.05) is 32.8 Å². The molecule has 0 aromatic heterocycles. The van der Waals surface area contributed by atoms with Gasteiger partial charge in [-0.3, -0.25) is 0 Å². The van der Waals surface area contributed by atoms with Gasteiger partial charge in [-0.1, -0.05) is 11.6 Å². The second-order valence-electron chi connectivity index (χ2n) is 5.07. The van der Waals surface area contributed by atoms with E-state index < -0.39 is 10.0 Å². The first kappa shape index (κ1) is 20.5. The molecular formula is C14H22Cl2N2O4S. The van der Waals surface area contributed by atoms with Crippen molar-refractivity contribution < 1.29 is 17.9 Å². The maximum absolute atomic E-state index is 12.9. The topological polar surface area (TPSA) is 81.9 Å². The summed E-state index contributed by atoms with van der Waals surface area (Å²) in [6.45, 7) is 5.10. The molecule has 1 aliphatic rings. The smallest absolute Gasteiger partial charge is 0.246 e. The van der Waals surface area contributed by atoms with E-state index in [0.29, 0.717) is 24.0 Å². The normalized spacial score (nSPS) is 19.2. The van der Waals surface area contributed by atoms with Gasteiger partial charge in [-0.15, -0.1) is 12.4 Å². The van der Waals surface area contributed by atoms with Crippen LogP contribution in [0.3, 0.4) is 0 Å². The van der Waals surface area contributed by atoms with Crippen molar-refractivity contribution in [2.24, 2.45) is 5.73 Å².